The van der Waals surface area contributed by atoms with Crippen LogP contribution < -0.4 is 5.32 Å². The summed E-state index contributed by atoms with van der Waals surface area (Å²) in [5, 5.41) is 2.80. The van der Waals surface area contributed by atoms with Crippen molar-refractivity contribution >= 4 is 6.03 Å². The third kappa shape index (κ3) is 4.17. The van der Waals surface area contributed by atoms with E-state index in [4.69, 9.17) is 0 Å². The minimum atomic E-state index is -0.278. The predicted octanol–water partition coefficient (Wildman–Crippen LogP) is 2.45. The van der Waals surface area contributed by atoms with Crippen LogP contribution in [0.2, 0.25) is 0 Å². The van der Waals surface area contributed by atoms with Crippen LogP contribution in [0.1, 0.15) is 25.8 Å². The molecule has 0 saturated carbocycles. The van der Waals surface area contributed by atoms with E-state index < -0.39 is 0 Å². The van der Waals surface area contributed by atoms with E-state index >= 15 is 0 Å². The summed E-state index contributed by atoms with van der Waals surface area (Å²) in [5.74, 6) is -0.278. The van der Waals surface area contributed by atoms with Gasteiger partial charge in [0.05, 0.1) is 0 Å². The Labute approximate surface area is 125 Å². The quantitative estimate of drug-likeness (QED) is 0.925. The Morgan fingerprint density at radius 3 is 2.57 bits per heavy atom. The fraction of sp³-hybridized carbons (Fsp3) is 0.562. The Bertz CT molecular complexity index is 472. The fourth-order valence-corrected chi connectivity index (χ4v) is 2.55. The smallest absolute Gasteiger partial charge is 0.317 e. The number of nitrogens with zero attached hydrogens (tertiary/aromatic N) is 2. The molecule has 0 bridgehead atoms. The Hall–Kier alpha value is -1.62. The predicted molar refractivity (Wildman–Crippen MR) is 81.5 cm³/mol. The van der Waals surface area contributed by atoms with Gasteiger partial charge in [-0.3, -0.25) is 4.90 Å². The van der Waals surface area contributed by atoms with Crippen molar-refractivity contribution in [1.82, 2.24) is 15.1 Å². The molecule has 2 rings (SSSR count). The minimum Gasteiger partial charge on any atom is -0.334 e. The topological polar surface area (TPSA) is 35.6 Å². The van der Waals surface area contributed by atoms with Crippen molar-refractivity contribution in [1.29, 1.82) is 0 Å². The van der Waals surface area contributed by atoms with Gasteiger partial charge in [-0.25, -0.2) is 9.18 Å². The van der Waals surface area contributed by atoms with Crippen LogP contribution >= 0.6 is 0 Å². The first-order valence-electron chi connectivity index (χ1n) is 7.62. The summed E-state index contributed by atoms with van der Waals surface area (Å²) in [6, 6.07) is 6.98. The van der Waals surface area contributed by atoms with E-state index in [9.17, 15) is 9.18 Å². The van der Waals surface area contributed by atoms with Crippen molar-refractivity contribution in [3.8, 4) is 0 Å². The number of carbonyl (C=O) groups is 1. The molecule has 2 amide bonds. The highest BCUT2D eigenvalue weighted by Crippen LogP contribution is 2.10. The molecule has 1 N–H and O–H groups in total. The molecule has 0 aromatic heterocycles. The normalized spacial score (nSPS) is 17.6. The summed E-state index contributed by atoms with van der Waals surface area (Å²) in [6.45, 7) is 7.90. The third-order valence-corrected chi connectivity index (χ3v) is 4.20. The number of benzene rings is 1. The van der Waals surface area contributed by atoms with Crippen LogP contribution in [-0.2, 0) is 6.54 Å². The number of hydrogen-bond acceptors (Lipinski definition) is 2. The van der Waals surface area contributed by atoms with Crippen LogP contribution in [0.4, 0.5) is 9.18 Å². The highest BCUT2D eigenvalue weighted by molar-refractivity contribution is 5.74. The molecule has 1 aromatic rings. The van der Waals surface area contributed by atoms with E-state index in [0.29, 0.717) is 11.6 Å². The first-order chi connectivity index (χ1) is 10.1. The van der Waals surface area contributed by atoms with Crippen molar-refractivity contribution in [2.45, 2.75) is 32.9 Å². The van der Waals surface area contributed by atoms with Crippen LogP contribution in [0, 0.1) is 5.82 Å². The van der Waals surface area contributed by atoms with E-state index in [1.807, 2.05) is 0 Å². The molecule has 1 aromatic carbocycles. The maximum Gasteiger partial charge on any atom is 0.317 e. The SMILES string of the molecule is CCC(C)N1CCN(C(=O)NCc2ccccc2F)CC1. The van der Waals surface area contributed by atoms with Gasteiger partial charge in [-0.1, -0.05) is 25.1 Å². The molecular weight excluding hydrogens is 269 g/mol. The average Bonchev–Trinajstić information content (AvgIpc) is 2.53. The van der Waals surface area contributed by atoms with E-state index in [1.165, 1.54) is 6.07 Å². The van der Waals surface area contributed by atoms with Gasteiger partial charge in [0.25, 0.3) is 0 Å². The summed E-state index contributed by atoms with van der Waals surface area (Å²) in [6.07, 6.45) is 1.12. The molecule has 1 saturated heterocycles. The monoisotopic (exact) mass is 293 g/mol. The molecule has 0 radical (unpaired) electrons. The van der Waals surface area contributed by atoms with Crippen molar-refractivity contribution < 1.29 is 9.18 Å². The summed E-state index contributed by atoms with van der Waals surface area (Å²) < 4.78 is 13.5. The molecule has 4 nitrogen and oxygen atoms in total. The van der Waals surface area contributed by atoms with Crippen LogP contribution in [0.3, 0.4) is 0 Å². The Morgan fingerprint density at radius 2 is 1.95 bits per heavy atom. The lowest BCUT2D eigenvalue weighted by Crippen LogP contribution is -2.53. The number of carbonyl (C=O) groups excluding carboxylic acids is 1. The average molecular weight is 293 g/mol. The van der Waals surface area contributed by atoms with Gasteiger partial charge in [-0.05, 0) is 19.4 Å². The zero-order valence-electron chi connectivity index (χ0n) is 12.8. The summed E-state index contributed by atoms with van der Waals surface area (Å²) in [5.41, 5.74) is 0.518. The molecule has 1 unspecified atom stereocenters. The number of hydrogen-bond donors (Lipinski definition) is 1. The minimum absolute atomic E-state index is 0.109. The Morgan fingerprint density at radius 1 is 1.29 bits per heavy atom. The van der Waals surface area contributed by atoms with Gasteiger partial charge in [-0.15, -0.1) is 0 Å². The largest absolute Gasteiger partial charge is 0.334 e. The molecule has 1 atom stereocenters. The van der Waals surface area contributed by atoms with Crippen molar-refractivity contribution in [2.24, 2.45) is 0 Å². The van der Waals surface area contributed by atoms with E-state index in [-0.39, 0.29) is 18.4 Å². The van der Waals surface area contributed by atoms with Gasteiger partial charge in [0.2, 0.25) is 0 Å². The molecule has 0 aliphatic carbocycles. The van der Waals surface area contributed by atoms with Crippen LogP contribution in [0.15, 0.2) is 24.3 Å². The lowest BCUT2D eigenvalue weighted by Gasteiger charge is -2.37. The highest BCUT2D eigenvalue weighted by atomic mass is 19.1. The van der Waals surface area contributed by atoms with Crippen LogP contribution in [0.5, 0.6) is 0 Å². The zero-order valence-corrected chi connectivity index (χ0v) is 12.8. The number of amides is 2. The maximum absolute atomic E-state index is 13.5. The lowest BCUT2D eigenvalue weighted by atomic mass is 10.2. The van der Waals surface area contributed by atoms with Gasteiger partial charge in [0.15, 0.2) is 0 Å². The zero-order chi connectivity index (χ0) is 15.2. The second-order valence-corrected chi connectivity index (χ2v) is 5.53. The second-order valence-electron chi connectivity index (χ2n) is 5.53. The Balaban J connectivity index is 1.79. The van der Waals surface area contributed by atoms with Gasteiger partial charge < -0.3 is 10.2 Å². The summed E-state index contributed by atoms with van der Waals surface area (Å²) in [4.78, 5) is 16.3. The number of urea groups is 1. The lowest BCUT2D eigenvalue weighted by molar-refractivity contribution is 0.112. The van der Waals surface area contributed by atoms with E-state index in [1.54, 1.807) is 23.1 Å². The van der Waals surface area contributed by atoms with Crippen LogP contribution in [-0.4, -0.2) is 48.1 Å². The standard InChI is InChI=1S/C16H24FN3O/c1-3-13(2)19-8-10-20(11-9-19)16(21)18-12-14-6-4-5-7-15(14)17/h4-7,13H,3,8-12H2,1-2H3,(H,18,21). The molecular formula is C16H24FN3O. The summed E-state index contributed by atoms with van der Waals surface area (Å²) >= 11 is 0. The van der Waals surface area contributed by atoms with Crippen molar-refractivity contribution in [3.63, 3.8) is 0 Å². The number of nitrogens with one attached hydrogen (secondary N) is 1. The van der Waals surface area contributed by atoms with Crippen LogP contribution in [0.25, 0.3) is 0 Å². The number of piperazine rings is 1. The van der Waals surface area contributed by atoms with Gasteiger partial charge >= 0.3 is 6.03 Å². The van der Waals surface area contributed by atoms with Crippen molar-refractivity contribution in [3.05, 3.63) is 35.6 Å². The van der Waals surface area contributed by atoms with E-state index in [2.05, 4.69) is 24.1 Å². The molecule has 1 fully saturated rings. The molecule has 0 spiro atoms. The molecule has 1 aliphatic rings. The highest BCUT2D eigenvalue weighted by Gasteiger charge is 2.23. The van der Waals surface area contributed by atoms with Gasteiger partial charge in [0, 0.05) is 44.3 Å². The molecule has 116 valence electrons. The first-order valence-corrected chi connectivity index (χ1v) is 7.62. The second kappa shape index (κ2) is 7.41. The van der Waals surface area contributed by atoms with Gasteiger partial charge in [-0.2, -0.15) is 0 Å². The first kappa shape index (κ1) is 15.8. The number of rotatable bonds is 4. The van der Waals surface area contributed by atoms with Crippen molar-refractivity contribution in [2.75, 3.05) is 26.2 Å². The Kier molecular flexibility index (Phi) is 5.56. The fourth-order valence-electron chi connectivity index (χ4n) is 2.55. The molecule has 21 heavy (non-hydrogen) atoms. The number of halogens is 1. The third-order valence-electron chi connectivity index (χ3n) is 4.20. The summed E-state index contributed by atoms with van der Waals surface area (Å²) in [7, 11) is 0. The molecule has 5 heteroatoms. The molecule has 1 aliphatic heterocycles. The maximum atomic E-state index is 13.5. The molecule has 1 heterocycles. The van der Waals surface area contributed by atoms with Gasteiger partial charge in [0.1, 0.15) is 5.82 Å². The van der Waals surface area contributed by atoms with E-state index in [0.717, 1.165) is 32.6 Å².